The van der Waals surface area contributed by atoms with E-state index < -0.39 is 33.2 Å². The minimum atomic E-state index is -4.51. The van der Waals surface area contributed by atoms with Crippen LogP contribution in [0.4, 0.5) is 0 Å². The molecule has 0 aliphatic carbocycles. The number of aliphatic hydroxyl groups is 2. The Morgan fingerprint density at radius 3 is 1.76 bits per heavy atom. The second-order valence-electron chi connectivity index (χ2n) is 12.9. The number of rotatable bonds is 37. The van der Waals surface area contributed by atoms with Crippen LogP contribution in [-0.4, -0.2) is 66.3 Å². The van der Waals surface area contributed by atoms with Gasteiger partial charge in [-0.05, 0) is 44.9 Å². The molecular formula is C39H73O9P. The molecule has 3 atom stereocenters. The standard InChI is InChI=1S/C39H73O9P/c1-3-5-7-9-11-13-15-17-18-19-20-22-24-26-28-30-32-45-35-38(36-47-49(43,44)46-34-37(41)33-40)48-39(42)31-29-27-25-23-21-16-14-12-10-8-6-4-2/h5,7,11,13,17-18,37-38,40-41H,3-4,6,8-10,12,14-16,19-36H2,1-2H3,(H,43,44)/b7-5-,13-11-,18-17-. The summed E-state index contributed by atoms with van der Waals surface area (Å²) < 4.78 is 33.2. The number of carbonyl (C=O) groups excluding carboxylic acids is 1. The molecule has 3 unspecified atom stereocenters. The topological polar surface area (TPSA) is 132 Å². The summed E-state index contributed by atoms with van der Waals surface area (Å²) in [5.41, 5.74) is 0. The molecule has 0 heterocycles. The van der Waals surface area contributed by atoms with Crippen molar-refractivity contribution in [1.82, 2.24) is 0 Å². The lowest BCUT2D eigenvalue weighted by Gasteiger charge is -2.20. The molecule has 9 nitrogen and oxygen atoms in total. The first-order valence-electron chi connectivity index (χ1n) is 19.5. The summed E-state index contributed by atoms with van der Waals surface area (Å²) in [7, 11) is -4.51. The average Bonchev–Trinajstić information content (AvgIpc) is 3.09. The Bertz CT molecular complexity index is 861. The Morgan fingerprint density at radius 1 is 0.653 bits per heavy atom. The van der Waals surface area contributed by atoms with Crippen LogP contribution in [0, 0.1) is 0 Å². The van der Waals surface area contributed by atoms with Crippen molar-refractivity contribution in [3.05, 3.63) is 36.5 Å². The van der Waals surface area contributed by atoms with E-state index in [0.717, 1.165) is 64.2 Å². The summed E-state index contributed by atoms with van der Waals surface area (Å²) >= 11 is 0. The monoisotopic (exact) mass is 716 g/mol. The highest BCUT2D eigenvalue weighted by Gasteiger charge is 2.26. The second-order valence-corrected chi connectivity index (χ2v) is 14.4. The number of unbranched alkanes of at least 4 members (excludes halogenated alkanes) is 17. The van der Waals surface area contributed by atoms with Crippen molar-refractivity contribution in [3.8, 4) is 0 Å². The number of allylic oxidation sites excluding steroid dienone is 6. The molecule has 0 saturated heterocycles. The highest BCUT2D eigenvalue weighted by molar-refractivity contribution is 7.47. The number of carbonyl (C=O) groups is 1. The maximum absolute atomic E-state index is 12.5. The van der Waals surface area contributed by atoms with Gasteiger partial charge >= 0.3 is 13.8 Å². The van der Waals surface area contributed by atoms with Crippen molar-refractivity contribution >= 4 is 13.8 Å². The van der Waals surface area contributed by atoms with E-state index in [1.807, 2.05) is 0 Å². The SMILES string of the molecule is CC/C=C\C/C=C\C/C=C\CCCCCCCCOCC(COP(=O)(O)OCC(O)CO)OC(=O)CCCCCCCCCCCCCC. The Morgan fingerprint density at radius 2 is 1.16 bits per heavy atom. The molecule has 0 bridgehead atoms. The highest BCUT2D eigenvalue weighted by atomic mass is 31.2. The van der Waals surface area contributed by atoms with Crippen LogP contribution < -0.4 is 0 Å². The van der Waals surface area contributed by atoms with Gasteiger partial charge < -0.3 is 24.6 Å². The zero-order valence-electron chi connectivity index (χ0n) is 31.2. The molecule has 10 heteroatoms. The third kappa shape index (κ3) is 36.3. The third-order valence-electron chi connectivity index (χ3n) is 8.09. The largest absolute Gasteiger partial charge is 0.472 e. The van der Waals surface area contributed by atoms with Crippen molar-refractivity contribution in [3.63, 3.8) is 0 Å². The molecule has 0 rings (SSSR count). The molecule has 0 fully saturated rings. The number of phosphoric ester groups is 1. The lowest BCUT2D eigenvalue weighted by molar-refractivity contribution is -0.154. The van der Waals surface area contributed by atoms with Gasteiger partial charge in [-0.25, -0.2) is 4.57 Å². The minimum Gasteiger partial charge on any atom is -0.457 e. The number of aliphatic hydroxyl groups excluding tert-OH is 2. The van der Waals surface area contributed by atoms with Crippen molar-refractivity contribution < 1.29 is 43.0 Å². The van der Waals surface area contributed by atoms with Crippen LogP contribution >= 0.6 is 7.82 Å². The molecule has 0 aromatic carbocycles. The van der Waals surface area contributed by atoms with Gasteiger partial charge in [0.25, 0.3) is 0 Å². The molecule has 0 amide bonds. The normalized spacial score (nSPS) is 14.6. The molecule has 0 aromatic heterocycles. The second kappa shape index (κ2) is 36.5. The molecule has 0 aliphatic rings. The van der Waals surface area contributed by atoms with E-state index in [1.165, 1.54) is 77.0 Å². The smallest absolute Gasteiger partial charge is 0.457 e. The van der Waals surface area contributed by atoms with Crippen LogP contribution in [0.1, 0.15) is 162 Å². The van der Waals surface area contributed by atoms with E-state index in [9.17, 15) is 19.4 Å². The van der Waals surface area contributed by atoms with E-state index in [2.05, 4.69) is 50.3 Å². The fourth-order valence-electron chi connectivity index (χ4n) is 5.13. The van der Waals surface area contributed by atoms with Crippen molar-refractivity contribution in [2.75, 3.05) is 33.0 Å². The fourth-order valence-corrected chi connectivity index (χ4v) is 5.92. The van der Waals surface area contributed by atoms with Crippen LogP contribution in [0.25, 0.3) is 0 Å². The van der Waals surface area contributed by atoms with Crippen molar-refractivity contribution in [2.45, 2.75) is 174 Å². The minimum absolute atomic E-state index is 0.0421. The number of phosphoric acid groups is 1. The Balaban J connectivity index is 4.23. The number of hydrogen-bond acceptors (Lipinski definition) is 8. The zero-order chi connectivity index (χ0) is 36.1. The van der Waals surface area contributed by atoms with Crippen molar-refractivity contribution in [1.29, 1.82) is 0 Å². The van der Waals surface area contributed by atoms with Crippen LogP contribution in [0.3, 0.4) is 0 Å². The lowest BCUT2D eigenvalue weighted by atomic mass is 10.0. The van der Waals surface area contributed by atoms with Gasteiger partial charge in [0.1, 0.15) is 12.2 Å². The first kappa shape index (κ1) is 47.7. The van der Waals surface area contributed by atoms with Crippen LogP contribution in [0.15, 0.2) is 36.5 Å². The lowest BCUT2D eigenvalue weighted by Crippen LogP contribution is -2.29. The summed E-state index contributed by atoms with van der Waals surface area (Å²) in [6, 6.07) is 0. The average molecular weight is 717 g/mol. The summed E-state index contributed by atoms with van der Waals surface area (Å²) in [5.74, 6) is -0.389. The number of hydrogen-bond donors (Lipinski definition) is 3. The molecule has 49 heavy (non-hydrogen) atoms. The predicted molar refractivity (Wildman–Crippen MR) is 200 cm³/mol. The van der Waals surface area contributed by atoms with E-state index >= 15 is 0 Å². The molecule has 0 saturated carbocycles. The summed E-state index contributed by atoms with van der Waals surface area (Å²) in [4.78, 5) is 22.5. The quantitative estimate of drug-likeness (QED) is 0.0249. The Labute approximate surface area is 299 Å². The molecule has 0 aromatic rings. The van der Waals surface area contributed by atoms with Gasteiger partial charge in [0, 0.05) is 13.0 Å². The van der Waals surface area contributed by atoms with Crippen molar-refractivity contribution in [2.24, 2.45) is 0 Å². The molecule has 3 N–H and O–H groups in total. The van der Waals surface area contributed by atoms with Crippen LogP contribution in [0.2, 0.25) is 0 Å². The molecule has 0 radical (unpaired) electrons. The van der Waals surface area contributed by atoms with Crippen LogP contribution in [0.5, 0.6) is 0 Å². The maximum Gasteiger partial charge on any atom is 0.472 e. The van der Waals surface area contributed by atoms with E-state index in [-0.39, 0.29) is 25.6 Å². The van der Waals surface area contributed by atoms with Crippen LogP contribution in [-0.2, 0) is 27.9 Å². The summed E-state index contributed by atoms with van der Waals surface area (Å²) in [6.45, 7) is 3.37. The Kier molecular flexibility index (Phi) is 35.5. The summed E-state index contributed by atoms with van der Waals surface area (Å²) in [5, 5.41) is 18.3. The predicted octanol–water partition coefficient (Wildman–Crippen LogP) is 10.1. The van der Waals surface area contributed by atoms with E-state index in [4.69, 9.17) is 23.6 Å². The Hall–Kier alpha value is -1.32. The first-order valence-corrected chi connectivity index (χ1v) is 21.0. The maximum atomic E-state index is 12.5. The third-order valence-corrected chi connectivity index (χ3v) is 9.04. The van der Waals surface area contributed by atoms with Gasteiger partial charge in [0.2, 0.25) is 0 Å². The number of ether oxygens (including phenoxy) is 2. The molecule has 0 aliphatic heterocycles. The first-order chi connectivity index (χ1) is 23.8. The van der Waals surface area contributed by atoms with Gasteiger partial charge in [-0.2, -0.15) is 0 Å². The summed E-state index contributed by atoms with van der Waals surface area (Å²) in [6.07, 6.45) is 36.7. The van der Waals surface area contributed by atoms with E-state index in [1.54, 1.807) is 0 Å². The van der Waals surface area contributed by atoms with Gasteiger partial charge in [0.15, 0.2) is 0 Å². The van der Waals surface area contributed by atoms with Gasteiger partial charge in [0.05, 0.1) is 26.4 Å². The van der Waals surface area contributed by atoms with Gasteiger partial charge in [-0.15, -0.1) is 0 Å². The highest BCUT2D eigenvalue weighted by Crippen LogP contribution is 2.43. The fraction of sp³-hybridized carbons (Fsp3) is 0.821. The zero-order valence-corrected chi connectivity index (χ0v) is 32.1. The van der Waals surface area contributed by atoms with Gasteiger partial charge in [-0.1, -0.05) is 147 Å². The molecular weight excluding hydrogens is 643 g/mol. The number of esters is 1. The van der Waals surface area contributed by atoms with E-state index in [0.29, 0.717) is 6.61 Å². The molecule has 0 spiro atoms. The molecule has 288 valence electrons. The van der Waals surface area contributed by atoms with Gasteiger partial charge in [-0.3, -0.25) is 13.8 Å².